The van der Waals surface area contributed by atoms with Crippen LogP contribution >= 0.6 is 0 Å². The first-order valence-corrected chi connectivity index (χ1v) is 9.14. The average molecular weight is 420 g/mol. The number of amides is 1. The van der Waals surface area contributed by atoms with Gasteiger partial charge >= 0.3 is 12.5 Å². The third-order valence-electron chi connectivity index (χ3n) is 4.08. The fourth-order valence-corrected chi connectivity index (χ4v) is 2.74. The Kier molecular flexibility index (Phi) is 6.24. The minimum Gasteiger partial charge on any atom is -0.450 e. The van der Waals surface area contributed by atoms with Gasteiger partial charge in [-0.25, -0.2) is 14.5 Å². The van der Waals surface area contributed by atoms with Crippen molar-refractivity contribution in [2.75, 3.05) is 11.9 Å². The van der Waals surface area contributed by atoms with Gasteiger partial charge in [-0.15, -0.1) is 18.3 Å². The van der Waals surface area contributed by atoms with Crippen LogP contribution < -0.4 is 10.1 Å². The Morgan fingerprint density at radius 1 is 1.13 bits per heavy atom. The van der Waals surface area contributed by atoms with Gasteiger partial charge in [-0.1, -0.05) is 6.92 Å². The van der Waals surface area contributed by atoms with Crippen LogP contribution in [0.5, 0.6) is 5.75 Å². The SMILES string of the molecule is CCOC(=O)Nc1ccc(-c2ncn(-c3ccc(OC(F)(F)F)cc3)n2)cc1CC. The molecule has 10 heteroatoms. The highest BCUT2D eigenvalue weighted by Crippen LogP contribution is 2.26. The van der Waals surface area contributed by atoms with E-state index in [2.05, 4.69) is 20.1 Å². The summed E-state index contributed by atoms with van der Waals surface area (Å²) in [5.41, 5.74) is 2.78. The summed E-state index contributed by atoms with van der Waals surface area (Å²) >= 11 is 0. The number of nitrogens with zero attached hydrogens (tertiary/aromatic N) is 3. The van der Waals surface area contributed by atoms with Gasteiger partial charge in [0, 0.05) is 11.3 Å². The van der Waals surface area contributed by atoms with Gasteiger partial charge in [0.15, 0.2) is 5.82 Å². The highest BCUT2D eigenvalue weighted by atomic mass is 19.4. The molecule has 1 N–H and O–H groups in total. The predicted octanol–water partition coefficient (Wildman–Crippen LogP) is 4.96. The zero-order chi connectivity index (χ0) is 21.7. The zero-order valence-electron chi connectivity index (χ0n) is 16.2. The zero-order valence-corrected chi connectivity index (χ0v) is 16.2. The van der Waals surface area contributed by atoms with E-state index in [4.69, 9.17) is 4.74 Å². The molecular weight excluding hydrogens is 401 g/mol. The third kappa shape index (κ3) is 5.28. The van der Waals surface area contributed by atoms with Crippen molar-refractivity contribution in [1.29, 1.82) is 0 Å². The molecule has 0 unspecified atom stereocenters. The maximum atomic E-state index is 12.3. The Bertz CT molecular complexity index is 1020. The summed E-state index contributed by atoms with van der Waals surface area (Å²) in [5.74, 6) is 0.117. The quantitative estimate of drug-likeness (QED) is 0.610. The first-order chi connectivity index (χ1) is 14.3. The lowest BCUT2D eigenvalue weighted by atomic mass is 10.1. The Labute approximate surface area is 170 Å². The molecule has 158 valence electrons. The molecule has 7 nitrogen and oxygen atoms in total. The molecule has 0 atom stereocenters. The molecule has 3 aromatic rings. The van der Waals surface area contributed by atoms with Gasteiger partial charge in [-0.05, 0) is 61.4 Å². The van der Waals surface area contributed by atoms with E-state index in [0.717, 1.165) is 11.1 Å². The number of carbonyl (C=O) groups excluding carboxylic acids is 1. The van der Waals surface area contributed by atoms with E-state index < -0.39 is 12.5 Å². The van der Waals surface area contributed by atoms with Crippen LogP contribution in [0.25, 0.3) is 17.1 Å². The Morgan fingerprint density at radius 2 is 1.87 bits per heavy atom. The Morgan fingerprint density at radius 3 is 2.50 bits per heavy atom. The van der Waals surface area contributed by atoms with Crippen LogP contribution in [0.2, 0.25) is 0 Å². The molecule has 0 aliphatic heterocycles. The highest BCUT2D eigenvalue weighted by molar-refractivity contribution is 5.86. The normalized spacial score (nSPS) is 11.2. The van der Waals surface area contributed by atoms with Crippen molar-refractivity contribution in [3.05, 3.63) is 54.4 Å². The largest absolute Gasteiger partial charge is 0.573 e. The molecular formula is C20H19F3N4O3. The number of anilines is 1. The van der Waals surface area contributed by atoms with Crippen LogP contribution in [0.1, 0.15) is 19.4 Å². The lowest BCUT2D eigenvalue weighted by Gasteiger charge is -2.11. The van der Waals surface area contributed by atoms with E-state index >= 15 is 0 Å². The molecule has 30 heavy (non-hydrogen) atoms. The number of rotatable bonds is 6. The first kappa shape index (κ1) is 21.2. The topological polar surface area (TPSA) is 78.3 Å². The second-order valence-corrected chi connectivity index (χ2v) is 6.13. The van der Waals surface area contributed by atoms with Crippen LogP contribution in [0.4, 0.5) is 23.7 Å². The Hall–Kier alpha value is -3.56. The predicted molar refractivity (Wildman–Crippen MR) is 104 cm³/mol. The average Bonchev–Trinajstić information content (AvgIpc) is 3.18. The first-order valence-electron chi connectivity index (χ1n) is 9.14. The van der Waals surface area contributed by atoms with Gasteiger partial charge in [-0.3, -0.25) is 5.32 Å². The number of benzene rings is 2. The highest BCUT2D eigenvalue weighted by Gasteiger charge is 2.31. The van der Waals surface area contributed by atoms with Crippen molar-refractivity contribution in [2.45, 2.75) is 26.6 Å². The van der Waals surface area contributed by atoms with Crippen molar-refractivity contribution in [3.63, 3.8) is 0 Å². The number of nitrogens with one attached hydrogen (secondary N) is 1. The summed E-state index contributed by atoms with van der Waals surface area (Å²) in [6.07, 6.45) is -3.14. The lowest BCUT2D eigenvalue weighted by Crippen LogP contribution is -2.17. The van der Waals surface area contributed by atoms with Gasteiger partial charge in [-0.2, -0.15) is 0 Å². The van der Waals surface area contributed by atoms with Crippen molar-refractivity contribution in [1.82, 2.24) is 14.8 Å². The van der Waals surface area contributed by atoms with E-state index in [0.29, 0.717) is 23.6 Å². The van der Waals surface area contributed by atoms with Crippen LogP contribution in [0, 0.1) is 0 Å². The van der Waals surface area contributed by atoms with Gasteiger partial charge < -0.3 is 9.47 Å². The molecule has 0 aliphatic rings. The second-order valence-electron chi connectivity index (χ2n) is 6.13. The lowest BCUT2D eigenvalue weighted by molar-refractivity contribution is -0.274. The number of halogens is 3. The summed E-state index contributed by atoms with van der Waals surface area (Å²) in [4.78, 5) is 15.9. The van der Waals surface area contributed by atoms with Crippen molar-refractivity contribution in [2.24, 2.45) is 0 Å². The number of carbonyl (C=O) groups is 1. The standard InChI is InChI=1S/C20H19F3N4O3/c1-3-13-11-14(5-10-17(13)25-19(28)29-4-2)18-24-12-27(26-18)15-6-8-16(9-7-15)30-20(21,22)23/h5-12H,3-4H2,1-2H3,(H,25,28). The molecule has 1 aromatic heterocycles. The van der Waals surface area contributed by atoms with Gasteiger partial charge in [0.1, 0.15) is 12.1 Å². The fourth-order valence-electron chi connectivity index (χ4n) is 2.74. The summed E-state index contributed by atoms with van der Waals surface area (Å²) in [6, 6.07) is 10.7. The number of hydrogen-bond acceptors (Lipinski definition) is 5. The molecule has 0 bridgehead atoms. The Balaban J connectivity index is 1.79. The molecule has 1 amide bonds. The fraction of sp³-hybridized carbons (Fsp3) is 0.250. The van der Waals surface area contributed by atoms with Crippen LogP contribution in [-0.4, -0.2) is 33.8 Å². The van der Waals surface area contributed by atoms with Crippen LogP contribution in [0.15, 0.2) is 48.8 Å². The number of aromatic nitrogens is 3. The molecule has 0 spiro atoms. The minimum absolute atomic E-state index is 0.274. The molecule has 3 rings (SSSR count). The number of aryl methyl sites for hydroxylation is 1. The van der Waals surface area contributed by atoms with Crippen LogP contribution in [0.3, 0.4) is 0 Å². The number of alkyl halides is 3. The molecule has 0 radical (unpaired) electrons. The van der Waals surface area contributed by atoms with Crippen LogP contribution in [-0.2, 0) is 11.2 Å². The monoisotopic (exact) mass is 420 g/mol. The van der Waals surface area contributed by atoms with E-state index in [1.54, 1.807) is 19.1 Å². The molecule has 0 aliphatic carbocycles. The van der Waals surface area contributed by atoms with Crippen molar-refractivity contribution >= 4 is 11.8 Å². The maximum absolute atomic E-state index is 12.3. The minimum atomic E-state index is -4.74. The van der Waals surface area contributed by atoms with E-state index in [1.807, 2.05) is 13.0 Å². The van der Waals surface area contributed by atoms with Gasteiger partial charge in [0.05, 0.1) is 12.3 Å². The van der Waals surface area contributed by atoms with Crippen molar-refractivity contribution in [3.8, 4) is 22.8 Å². The van der Waals surface area contributed by atoms with Gasteiger partial charge in [0.2, 0.25) is 0 Å². The molecule has 1 heterocycles. The van der Waals surface area contributed by atoms with Gasteiger partial charge in [0.25, 0.3) is 0 Å². The smallest absolute Gasteiger partial charge is 0.450 e. The maximum Gasteiger partial charge on any atom is 0.573 e. The van der Waals surface area contributed by atoms with E-state index in [9.17, 15) is 18.0 Å². The van der Waals surface area contributed by atoms with E-state index in [1.165, 1.54) is 35.3 Å². The molecule has 0 saturated heterocycles. The number of hydrogen-bond donors (Lipinski definition) is 1. The summed E-state index contributed by atoms with van der Waals surface area (Å²) in [7, 11) is 0. The third-order valence-corrected chi connectivity index (χ3v) is 4.08. The second kappa shape index (κ2) is 8.85. The molecule has 0 fully saturated rings. The summed E-state index contributed by atoms with van der Waals surface area (Å²) in [6.45, 7) is 3.95. The molecule has 2 aromatic carbocycles. The van der Waals surface area contributed by atoms with E-state index in [-0.39, 0.29) is 12.4 Å². The number of ether oxygens (including phenoxy) is 2. The summed E-state index contributed by atoms with van der Waals surface area (Å²) < 4.78 is 47.0. The summed E-state index contributed by atoms with van der Waals surface area (Å²) in [5, 5.41) is 7.08. The van der Waals surface area contributed by atoms with Crippen molar-refractivity contribution < 1.29 is 27.4 Å². The molecule has 0 saturated carbocycles.